The summed E-state index contributed by atoms with van der Waals surface area (Å²) in [5.41, 5.74) is 1.76. The molecule has 0 aromatic heterocycles. The number of nitrogens with one attached hydrogen (secondary N) is 1. The average molecular weight is 338 g/mol. The van der Waals surface area contributed by atoms with Gasteiger partial charge < -0.3 is 5.32 Å². The minimum absolute atomic E-state index is 0.674. The number of hydrogen-bond acceptors (Lipinski definition) is 1. The minimum atomic E-state index is 0.674. The van der Waals surface area contributed by atoms with Gasteiger partial charge >= 0.3 is 0 Å². The highest BCUT2D eigenvalue weighted by molar-refractivity contribution is 6.37. The molecule has 0 bridgehead atoms. The first-order valence-corrected chi connectivity index (χ1v) is 8.11. The maximum atomic E-state index is 6.45. The molecule has 0 saturated carbocycles. The summed E-state index contributed by atoms with van der Waals surface area (Å²) in [6.45, 7) is 0. The molecule has 3 heteroatoms. The van der Waals surface area contributed by atoms with E-state index in [0.717, 1.165) is 32.9 Å². The Balaban J connectivity index is 1.95. The second-order valence-electron chi connectivity index (χ2n) is 5.41. The highest BCUT2D eigenvalue weighted by atomic mass is 35.5. The standard InChI is InChI=1S/C20H13Cl2N/c21-17-11-9-13-5-1-3-7-15(13)19(17)23-20-16-8-4-2-6-14(16)10-12-18(20)22/h1-12,23H. The zero-order valence-corrected chi connectivity index (χ0v) is 13.7. The van der Waals surface area contributed by atoms with Gasteiger partial charge in [-0.3, -0.25) is 0 Å². The molecule has 1 nitrogen and oxygen atoms in total. The first kappa shape index (κ1) is 14.4. The Morgan fingerprint density at radius 3 is 1.43 bits per heavy atom. The minimum Gasteiger partial charge on any atom is -0.352 e. The number of benzene rings is 4. The molecule has 0 unspecified atom stereocenters. The summed E-state index contributed by atoms with van der Waals surface area (Å²) in [4.78, 5) is 0. The van der Waals surface area contributed by atoms with Crippen molar-refractivity contribution in [2.24, 2.45) is 0 Å². The molecule has 0 heterocycles. The molecule has 112 valence electrons. The smallest absolute Gasteiger partial charge is 0.0653 e. The average Bonchev–Trinajstić information content (AvgIpc) is 2.59. The Kier molecular flexibility index (Phi) is 3.60. The maximum Gasteiger partial charge on any atom is 0.0653 e. The van der Waals surface area contributed by atoms with E-state index in [1.807, 2.05) is 48.5 Å². The summed E-state index contributed by atoms with van der Waals surface area (Å²) in [6, 6.07) is 24.2. The van der Waals surface area contributed by atoms with E-state index in [2.05, 4.69) is 29.6 Å². The van der Waals surface area contributed by atoms with Crippen molar-refractivity contribution < 1.29 is 0 Å². The van der Waals surface area contributed by atoms with Crippen LogP contribution < -0.4 is 5.32 Å². The molecule has 0 aliphatic carbocycles. The van der Waals surface area contributed by atoms with Crippen LogP contribution in [0.25, 0.3) is 21.5 Å². The molecule has 4 rings (SSSR count). The molecule has 0 spiro atoms. The van der Waals surface area contributed by atoms with Crippen molar-refractivity contribution in [3.63, 3.8) is 0 Å². The Hall–Kier alpha value is -2.22. The SMILES string of the molecule is Clc1ccc2ccccc2c1Nc1c(Cl)ccc2ccccc12. The van der Waals surface area contributed by atoms with Gasteiger partial charge in [0.1, 0.15) is 0 Å². The Bertz CT molecular complexity index is 941. The lowest BCUT2D eigenvalue weighted by atomic mass is 10.1. The van der Waals surface area contributed by atoms with Crippen LogP contribution in [-0.2, 0) is 0 Å². The van der Waals surface area contributed by atoms with Gasteiger partial charge in [-0.25, -0.2) is 0 Å². The molecule has 0 atom stereocenters. The zero-order chi connectivity index (χ0) is 15.8. The first-order valence-electron chi connectivity index (χ1n) is 7.35. The molecule has 0 saturated heterocycles. The molecule has 4 aromatic rings. The third kappa shape index (κ3) is 2.52. The van der Waals surface area contributed by atoms with Crippen LogP contribution in [0.15, 0.2) is 72.8 Å². The molecular weight excluding hydrogens is 325 g/mol. The fourth-order valence-corrected chi connectivity index (χ4v) is 3.29. The van der Waals surface area contributed by atoms with Crippen molar-refractivity contribution in [1.82, 2.24) is 0 Å². The van der Waals surface area contributed by atoms with E-state index >= 15 is 0 Å². The summed E-state index contributed by atoms with van der Waals surface area (Å²) in [5, 5.41) is 9.23. The molecule has 4 aromatic carbocycles. The van der Waals surface area contributed by atoms with E-state index in [-0.39, 0.29) is 0 Å². The third-order valence-corrected chi connectivity index (χ3v) is 4.64. The Morgan fingerprint density at radius 1 is 0.522 bits per heavy atom. The molecular formula is C20H13Cl2N. The summed E-state index contributed by atoms with van der Waals surface area (Å²) in [6.07, 6.45) is 0. The number of halogens is 2. The van der Waals surface area contributed by atoms with Crippen LogP contribution in [-0.4, -0.2) is 0 Å². The van der Waals surface area contributed by atoms with Crippen LogP contribution in [0.2, 0.25) is 10.0 Å². The van der Waals surface area contributed by atoms with E-state index in [9.17, 15) is 0 Å². The number of rotatable bonds is 2. The van der Waals surface area contributed by atoms with Gasteiger partial charge in [-0.2, -0.15) is 0 Å². The number of hydrogen-bond donors (Lipinski definition) is 1. The summed E-state index contributed by atoms with van der Waals surface area (Å²) >= 11 is 12.9. The van der Waals surface area contributed by atoms with Gasteiger partial charge in [0, 0.05) is 10.8 Å². The van der Waals surface area contributed by atoms with Crippen LogP contribution in [0.5, 0.6) is 0 Å². The molecule has 23 heavy (non-hydrogen) atoms. The topological polar surface area (TPSA) is 12.0 Å². The Labute approximate surface area is 144 Å². The summed E-state index contributed by atoms with van der Waals surface area (Å²) in [5.74, 6) is 0. The van der Waals surface area contributed by atoms with Gasteiger partial charge in [-0.15, -0.1) is 0 Å². The third-order valence-electron chi connectivity index (χ3n) is 4.01. The second-order valence-corrected chi connectivity index (χ2v) is 6.23. The lowest BCUT2D eigenvalue weighted by Crippen LogP contribution is -1.95. The van der Waals surface area contributed by atoms with Gasteiger partial charge in [-0.1, -0.05) is 83.9 Å². The highest BCUT2D eigenvalue weighted by Gasteiger charge is 2.11. The highest BCUT2D eigenvalue weighted by Crippen LogP contribution is 2.38. The van der Waals surface area contributed by atoms with E-state index in [1.165, 1.54) is 0 Å². The van der Waals surface area contributed by atoms with E-state index in [0.29, 0.717) is 10.0 Å². The van der Waals surface area contributed by atoms with Crippen molar-refractivity contribution in [1.29, 1.82) is 0 Å². The van der Waals surface area contributed by atoms with Crippen molar-refractivity contribution in [3.05, 3.63) is 82.8 Å². The van der Waals surface area contributed by atoms with Crippen LogP contribution in [0.4, 0.5) is 11.4 Å². The van der Waals surface area contributed by atoms with Crippen LogP contribution in [0.1, 0.15) is 0 Å². The predicted molar refractivity (Wildman–Crippen MR) is 101 cm³/mol. The van der Waals surface area contributed by atoms with E-state index < -0.39 is 0 Å². The lowest BCUT2D eigenvalue weighted by Gasteiger charge is -2.15. The fourth-order valence-electron chi connectivity index (χ4n) is 2.87. The quantitative estimate of drug-likeness (QED) is 0.413. The molecule has 0 fully saturated rings. The molecule has 1 N–H and O–H groups in total. The number of anilines is 2. The summed E-state index contributed by atoms with van der Waals surface area (Å²) < 4.78 is 0. The molecule has 0 aliphatic rings. The van der Waals surface area contributed by atoms with Gasteiger partial charge in [0.05, 0.1) is 21.4 Å². The first-order chi connectivity index (χ1) is 11.2. The molecule has 0 amide bonds. The fraction of sp³-hybridized carbons (Fsp3) is 0. The molecule has 0 radical (unpaired) electrons. The largest absolute Gasteiger partial charge is 0.352 e. The maximum absolute atomic E-state index is 6.45. The zero-order valence-electron chi connectivity index (χ0n) is 12.2. The van der Waals surface area contributed by atoms with Crippen molar-refractivity contribution in [3.8, 4) is 0 Å². The Morgan fingerprint density at radius 2 is 0.957 bits per heavy atom. The van der Waals surface area contributed by atoms with E-state index in [4.69, 9.17) is 23.2 Å². The van der Waals surface area contributed by atoms with Crippen molar-refractivity contribution >= 4 is 56.1 Å². The second kappa shape index (κ2) is 5.77. The van der Waals surface area contributed by atoms with Gasteiger partial charge in [-0.05, 0) is 22.9 Å². The molecule has 0 aliphatic heterocycles. The number of fused-ring (bicyclic) bond motifs is 2. The van der Waals surface area contributed by atoms with E-state index in [1.54, 1.807) is 0 Å². The van der Waals surface area contributed by atoms with Crippen molar-refractivity contribution in [2.75, 3.05) is 5.32 Å². The van der Waals surface area contributed by atoms with Gasteiger partial charge in [0.15, 0.2) is 0 Å². The van der Waals surface area contributed by atoms with Crippen molar-refractivity contribution in [2.45, 2.75) is 0 Å². The van der Waals surface area contributed by atoms with Crippen LogP contribution in [0.3, 0.4) is 0 Å². The summed E-state index contributed by atoms with van der Waals surface area (Å²) in [7, 11) is 0. The predicted octanol–water partition coefficient (Wildman–Crippen LogP) is 7.04. The van der Waals surface area contributed by atoms with Gasteiger partial charge in [0.2, 0.25) is 0 Å². The van der Waals surface area contributed by atoms with Crippen LogP contribution in [0, 0.1) is 0 Å². The monoisotopic (exact) mass is 337 g/mol. The van der Waals surface area contributed by atoms with Crippen LogP contribution >= 0.6 is 23.2 Å². The lowest BCUT2D eigenvalue weighted by molar-refractivity contribution is 1.60. The van der Waals surface area contributed by atoms with Gasteiger partial charge in [0.25, 0.3) is 0 Å². The normalized spacial score (nSPS) is 11.0.